The number of nitrogens with zero attached hydrogens (tertiary/aromatic N) is 2. The number of aromatic amines is 1. The Morgan fingerprint density at radius 3 is 2.38 bits per heavy atom. The minimum absolute atomic E-state index is 0.283. The van der Waals surface area contributed by atoms with Crippen LogP contribution in [-0.2, 0) is 0 Å². The van der Waals surface area contributed by atoms with E-state index in [0.717, 1.165) is 50.3 Å². The average molecular weight is 562 g/mol. The summed E-state index contributed by atoms with van der Waals surface area (Å²) in [5, 5.41) is 16.0. The van der Waals surface area contributed by atoms with Crippen molar-refractivity contribution in [1.82, 2.24) is 20.5 Å². The fourth-order valence-electron chi connectivity index (χ4n) is 5.26. The number of anilines is 1. The molecule has 0 amide bonds. The summed E-state index contributed by atoms with van der Waals surface area (Å²) >= 11 is 0. The standard InChI is InChI=1S/C36H40FN5/c1-8-27(21-32(10-3)39-24(5)29-13-11-12-14-29)28(9-2)22-33-25(6)41-42-36(33)26(7)40-34-19-20-38-35(23(34)4)30-15-17-31(37)18-16-30/h8-10,15-22,29,39,41H,3,5-7,11-14H2,1-2,4H3,(H,38,40)/b27-8+,28-9+,32-21+,33-22+. The molecular weight excluding hydrogens is 521 g/mol. The number of halogens is 1. The molecule has 6 heteroatoms. The molecule has 0 unspecified atom stereocenters. The van der Waals surface area contributed by atoms with E-state index in [2.05, 4.69) is 76.4 Å². The maximum atomic E-state index is 13.5. The van der Waals surface area contributed by atoms with Crippen molar-refractivity contribution < 1.29 is 4.39 Å². The van der Waals surface area contributed by atoms with Gasteiger partial charge in [0.2, 0.25) is 0 Å². The molecule has 0 aliphatic heterocycles. The minimum atomic E-state index is -0.283. The molecule has 216 valence electrons. The van der Waals surface area contributed by atoms with E-state index in [9.17, 15) is 4.39 Å². The van der Waals surface area contributed by atoms with Gasteiger partial charge in [-0.05, 0) is 105 Å². The Balaban J connectivity index is 1.61. The molecule has 1 fully saturated rings. The molecule has 0 bridgehead atoms. The van der Waals surface area contributed by atoms with Crippen molar-refractivity contribution in [3.63, 3.8) is 0 Å². The van der Waals surface area contributed by atoms with Crippen molar-refractivity contribution in [3.8, 4) is 11.3 Å². The van der Waals surface area contributed by atoms with Crippen LogP contribution < -0.4 is 21.2 Å². The summed E-state index contributed by atoms with van der Waals surface area (Å²) in [5.74, 6) is 0.223. The SMILES string of the molecule is C=C\C(=C/C(=C\C)C(/C=c1/c(C(=C)Nc2ccnc(-c3ccc(F)cc3)c2C)n[nH]c1=C)=C/C)NC(=C)C1CCCC1. The number of hydrogen-bond donors (Lipinski definition) is 3. The first-order valence-electron chi connectivity index (χ1n) is 14.3. The maximum absolute atomic E-state index is 13.5. The molecule has 3 N–H and O–H groups in total. The van der Waals surface area contributed by atoms with E-state index in [1.807, 2.05) is 32.9 Å². The molecule has 1 aliphatic rings. The second-order valence-corrected chi connectivity index (χ2v) is 10.5. The third kappa shape index (κ3) is 6.95. The second kappa shape index (κ2) is 13.8. The Bertz CT molecular complexity index is 1680. The average Bonchev–Trinajstić information content (AvgIpc) is 3.66. The number of rotatable bonds is 11. The summed E-state index contributed by atoms with van der Waals surface area (Å²) in [4.78, 5) is 4.52. The summed E-state index contributed by atoms with van der Waals surface area (Å²) in [6.07, 6.45) is 16.7. The van der Waals surface area contributed by atoms with Crippen molar-refractivity contribution >= 4 is 24.0 Å². The van der Waals surface area contributed by atoms with E-state index in [1.165, 1.54) is 37.8 Å². The van der Waals surface area contributed by atoms with Gasteiger partial charge in [0.1, 0.15) is 11.5 Å². The Morgan fingerprint density at radius 2 is 1.74 bits per heavy atom. The molecule has 2 heterocycles. The number of benzene rings is 1. The highest BCUT2D eigenvalue weighted by Gasteiger charge is 2.18. The Labute approximate surface area is 248 Å². The molecule has 3 aromatic rings. The van der Waals surface area contributed by atoms with Crippen LogP contribution >= 0.6 is 0 Å². The van der Waals surface area contributed by atoms with Crippen LogP contribution in [0.15, 0.2) is 103 Å². The molecular formula is C36H40FN5. The summed E-state index contributed by atoms with van der Waals surface area (Å²) in [6, 6.07) is 8.21. The van der Waals surface area contributed by atoms with E-state index in [-0.39, 0.29) is 5.82 Å². The Kier molecular flexibility index (Phi) is 9.92. The molecule has 0 spiro atoms. The van der Waals surface area contributed by atoms with Crippen molar-refractivity contribution in [3.05, 3.63) is 131 Å². The van der Waals surface area contributed by atoms with Gasteiger partial charge in [-0.2, -0.15) is 5.10 Å². The third-order valence-electron chi connectivity index (χ3n) is 7.71. The normalized spacial score (nSPS) is 15.1. The quantitative estimate of drug-likeness (QED) is 0.213. The number of aromatic nitrogens is 3. The zero-order valence-corrected chi connectivity index (χ0v) is 24.9. The van der Waals surface area contributed by atoms with Gasteiger partial charge in [0, 0.05) is 34.1 Å². The van der Waals surface area contributed by atoms with Crippen LogP contribution in [0, 0.1) is 18.7 Å². The molecule has 1 aliphatic carbocycles. The Morgan fingerprint density at radius 1 is 1.05 bits per heavy atom. The van der Waals surface area contributed by atoms with Crippen molar-refractivity contribution in [2.24, 2.45) is 5.92 Å². The van der Waals surface area contributed by atoms with E-state index in [1.54, 1.807) is 18.3 Å². The highest BCUT2D eigenvalue weighted by molar-refractivity contribution is 5.79. The predicted octanol–water partition coefficient (Wildman–Crippen LogP) is 7.45. The highest BCUT2D eigenvalue weighted by Crippen LogP contribution is 2.30. The van der Waals surface area contributed by atoms with E-state index >= 15 is 0 Å². The summed E-state index contributed by atoms with van der Waals surface area (Å²) < 4.78 is 13.5. The molecule has 0 atom stereocenters. The van der Waals surface area contributed by atoms with E-state index < -0.39 is 0 Å². The molecule has 0 radical (unpaired) electrons. The Hall–Kier alpha value is -4.71. The van der Waals surface area contributed by atoms with Gasteiger partial charge in [-0.25, -0.2) is 4.39 Å². The van der Waals surface area contributed by atoms with Crippen LogP contribution in [0.3, 0.4) is 0 Å². The van der Waals surface area contributed by atoms with Crippen LogP contribution in [0.5, 0.6) is 0 Å². The van der Waals surface area contributed by atoms with Gasteiger partial charge in [-0.1, -0.05) is 51.3 Å². The number of pyridine rings is 1. The first kappa shape index (κ1) is 30.3. The molecule has 1 saturated carbocycles. The van der Waals surface area contributed by atoms with E-state index in [0.29, 0.717) is 22.7 Å². The zero-order valence-electron chi connectivity index (χ0n) is 24.9. The smallest absolute Gasteiger partial charge is 0.123 e. The van der Waals surface area contributed by atoms with Gasteiger partial charge in [-0.15, -0.1) is 0 Å². The largest absolute Gasteiger partial charge is 0.359 e. The predicted molar refractivity (Wildman–Crippen MR) is 175 cm³/mol. The summed E-state index contributed by atoms with van der Waals surface area (Å²) in [7, 11) is 0. The maximum Gasteiger partial charge on any atom is 0.123 e. The molecule has 5 nitrogen and oxygen atoms in total. The topological polar surface area (TPSA) is 65.6 Å². The number of H-pyrrole nitrogens is 1. The lowest BCUT2D eigenvalue weighted by atomic mass is 10.0. The minimum Gasteiger partial charge on any atom is -0.359 e. The number of nitrogens with one attached hydrogen (secondary N) is 3. The molecule has 42 heavy (non-hydrogen) atoms. The molecule has 2 aromatic heterocycles. The summed E-state index contributed by atoms with van der Waals surface area (Å²) in [6.45, 7) is 22.8. The van der Waals surface area contributed by atoms with E-state index in [4.69, 9.17) is 0 Å². The molecule has 0 saturated heterocycles. The van der Waals surface area contributed by atoms with Crippen LogP contribution in [0.1, 0.15) is 50.8 Å². The highest BCUT2D eigenvalue weighted by atomic mass is 19.1. The van der Waals surface area contributed by atoms with Gasteiger partial charge >= 0.3 is 0 Å². The van der Waals surface area contributed by atoms with Gasteiger partial charge in [0.25, 0.3) is 0 Å². The van der Waals surface area contributed by atoms with Crippen LogP contribution in [-0.4, -0.2) is 15.2 Å². The van der Waals surface area contributed by atoms with Crippen LogP contribution in [0.4, 0.5) is 10.1 Å². The first-order chi connectivity index (χ1) is 20.2. The van der Waals surface area contributed by atoms with Gasteiger partial charge in [0.15, 0.2) is 0 Å². The van der Waals surface area contributed by atoms with Crippen molar-refractivity contribution in [2.45, 2.75) is 46.5 Å². The van der Waals surface area contributed by atoms with Crippen molar-refractivity contribution in [2.75, 3.05) is 5.32 Å². The van der Waals surface area contributed by atoms with Crippen molar-refractivity contribution in [1.29, 1.82) is 0 Å². The lowest BCUT2D eigenvalue weighted by Crippen LogP contribution is -2.24. The number of hydrogen-bond acceptors (Lipinski definition) is 4. The number of allylic oxidation sites excluding steroid dienone is 7. The van der Waals surface area contributed by atoms with Gasteiger partial charge < -0.3 is 10.6 Å². The van der Waals surface area contributed by atoms with Gasteiger partial charge in [-0.3, -0.25) is 10.1 Å². The zero-order chi connectivity index (χ0) is 30.2. The van der Waals surface area contributed by atoms with Crippen LogP contribution in [0.25, 0.3) is 29.6 Å². The summed E-state index contributed by atoms with van der Waals surface area (Å²) in [5.41, 5.74) is 8.62. The lowest BCUT2D eigenvalue weighted by molar-refractivity contribution is 0.607. The monoisotopic (exact) mass is 561 g/mol. The fraction of sp³-hybridized carbons (Fsp3) is 0.222. The molecule has 1 aromatic carbocycles. The van der Waals surface area contributed by atoms with Crippen LogP contribution in [0.2, 0.25) is 0 Å². The van der Waals surface area contributed by atoms with Gasteiger partial charge in [0.05, 0.1) is 16.7 Å². The first-order valence-corrected chi connectivity index (χ1v) is 14.3. The third-order valence-corrected chi connectivity index (χ3v) is 7.71. The lowest BCUT2D eigenvalue weighted by Gasteiger charge is -2.17. The fourth-order valence-corrected chi connectivity index (χ4v) is 5.26. The molecule has 4 rings (SSSR count). The second-order valence-electron chi connectivity index (χ2n) is 10.5.